The van der Waals surface area contributed by atoms with Crippen LogP contribution in [0.2, 0.25) is 0 Å². The Balaban J connectivity index is 2.32. The van der Waals surface area contributed by atoms with E-state index in [1.54, 1.807) is 0 Å². The lowest BCUT2D eigenvalue weighted by Crippen LogP contribution is -2.20. The molecule has 0 heterocycles. The third-order valence-corrected chi connectivity index (χ3v) is 2.67. The summed E-state index contributed by atoms with van der Waals surface area (Å²) in [5.41, 5.74) is 0.450. The van der Waals surface area contributed by atoms with Gasteiger partial charge < -0.3 is 15.2 Å². The van der Waals surface area contributed by atoms with Gasteiger partial charge in [0.1, 0.15) is 5.82 Å². The lowest BCUT2D eigenvalue weighted by Gasteiger charge is -2.07. The van der Waals surface area contributed by atoms with Crippen molar-refractivity contribution < 1.29 is 19.0 Å². The van der Waals surface area contributed by atoms with Crippen LogP contribution in [0, 0.1) is 5.82 Å². The summed E-state index contributed by atoms with van der Waals surface area (Å²) >= 11 is 0. The Labute approximate surface area is 112 Å². The van der Waals surface area contributed by atoms with E-state index in [1.165, 1.54) is 18.2 Å². The number of benzene rings is 1. The topological polar surface area (TPSA) is 58.6 Å². The third-order valence-electron chi connectivity index (χ3n) is 2.67. The number of ether oxygens (including phenoxy) is 1. The quantitative estimate of drug-likeness (QED) is 0.676. The van der Waals surface area contributed by atoms with Crippen LogP contribution < -0.4 is 5.32 Å². The Hall–Kier alpha value is -1.46. The number of hydrogen-bond donors (Lipinski definition) is 2. The van der Waals surface area contributed by atoms with Gasteiger partial charge in [-0.1, -0.05) is 13.3 Å². The van der Waals surface area contributed by atoms with E-state index in [1.807, 2.05) is 0 Å². The predicted molar refractivity (Wildman–Crippen MR) is 70.8 cm³/mol. The second-order valence-corrected chi connectivity index (χ2v) is 4.25. The molecule has 1 aromatic rings. The molecule has 5 heteroatoms. The van der Waals surface area contributed by atoms with E-state index < -0.39 is 11.8 Å². The SMILES string of the molecule is CCCCOCCNCc1cc(C(=O)O)ccc1F. The number of carbonyl (C=O) groups is 1. The molecule has 0 aromatic heterocycles. The number of nitrogens with one attached hydrogen (secondary N) is 1. The molecule has 0 radical (unpaired) electrons. The number of halogens is 1. The van der Waals surface area contributed by atoms with Gasteiger partial charge in [-0.2, -0.15) is 0 Å². The van der Waals surface area contributed by atoms with Crippen molar-refractivity contribution in [1.82, 2.24) is 5.32 Å². The minimum Gasteiger partial charge on any atom is -0.478 e. The summed E-state index contributed by atoms with van der Waals surface area (Å²) in [5, 5.41) is 11.9. The molecule has 19 heavy (non-hydrogen) atoms. The summed E-state index contributed by atoms with van der Waals surface area (Å²) in [6.45, 7) is 4.31. The zero-order chi connectivity index (χ0) is 14.1. The Morgan fingerprint density at radius 3 is 2.89 bits per heavy atom. The van der Waals surface area contributed by atoms with Gasteiger partial charge >= 0.3 is 5.97 Å². The average Bonchev–Trinajstić information content (AvgIpc) is 2.39. The van der Waals surface area contributed by atoms with Crippen molar-refractivity contribution in [3.63, 3.8) is 0 Å². The van der Waals surface area contributed by atoms with E-state index in [4.69, 9.17) is 9.84 Å². The molecule has 0 unspecified atom stereocenters. The summed E-state index contributed by atoms with van der Waals surface area (Å²) in [6.07, 6.45) is 2.13. The lowest BCUT2D eigenvalue weighted by molar-refractivity contribution is 0.0696. The second-order valence-electron chi connectivity index (χ2n) is 4.25. The molecule has 0 aliphatic carbocycles. The number of rotatable bonds is 9. The summed E-state index contributed by atoms with van der Waals surface area (Å²) in [4.78, 5) is 10.8. The number of carboxylic acid groups (broad SMARTS) is 1. The standard InChI is InChI=1S/C14H20FNO3/c1-2-3-7-19-8-6-16-10-12-9-11(14(17)18)4-5-13(12)15/h4-5,9,16H,2-3,6-8,10H2,1H3,(H,17,18). The third kappa shape index (κ3) is 5.81. The molecular formula is C14H20FNO3. The van der Waals surface area contributed by atoms with Gasteiger partial charge in [0.15, 0.2) is 0 Å². The number of hydrogen-bond acceptors (Lipinski definition) is 3. The predicted octanol–water partition coefficient (Wildman–Crippen LogP) is 2.43. The van der Waals surface area contributed by atoms with E-state index in [-0.39, 0.29) is 5.56 Å². The number of unbranched alkanes of at least 4 members (excludes halogenated alkanes) is 1. The normalized spacial score (nSPS) is 10.6. The van der Waals surface area contributed by atoms with Crippen molar-refractivity contribution in [1.29, 1.82) is 0 Å². The highest BCUT2D eigenvalue weighted by atomic mass is 19.1. The fourth-order valence-corrected chi connectivity index (χ4v) is 1.56. The van der Waals surface area contributed by atoms with Gasteiger partial charge in [-0.05, 0) is 24.6 Å². The van der Waals surface area contributed by atoms with Gasteiger partial charge in [-0.25, -0.2) is 9.18 Å². The highest BCUT2D eigenvalue weighted by Gasteiger charge is 2.07. The first kappa shape index (κ1) is 15.6. The molecule has 0 atom stereocenters. The van der Waals surface area contributed by atoms with Crippen molar-refractivity contribution in [3.05, 3.63) is 35.1 Å². The Morgan fingerprint density at radius 1 is 1.42 bits per heavy atom. The highest BCUT2D eigenvalue weighted by Crippen LogP contribution is 2.10. The summed E-state index contributed by atoms with van der Waals surface area (Å²) < 4.78 is 18.8. The van der Waals surface area contributed by atoms with E-state index >= 15 is 0 Å². The van der Waals surface area contributed by atoms with Crippen LogP contribution in [0.3, 0.4) is 0 Å². The lowest BCUT2D eigenvalue weighted by atomic mass is 10.1. The van der Waals surface area contributed by atoms with Crippen LogP contribution in [0.5, 0.6) is 0 Å². The first-order valence-corrected chi connectivity index (χ1v) is 6.45. The van der Waals surface area contributed by atoms with Crippen LogP contribution in [-0.4, -0.2) is 30.8 Å². The summed E-state index contributed by atoms with van der Waals surface area (Å²) in [7, 11) is 0. The second kappa shape index (κ2) is 8.61. The van der Waals surface area contributed by atoms with Crippen LogP contribution in [0.1, 0.15) is 35.7 Å². The fourth-order valence-electron chi connectivity index (χ4n) is 1.56. The van der Waals surface area contributed by atoms with Gasteiger partial charge in [0.05, 0.1) is 12.2 Å². The molecule has 0 bridgehead atoms. The van der Waals surface area contributed by atoms with E-state index in [9.17, 15) is 9.18 Å². The molecule has 0 spiro atoms. The molecule has 106 valence electrons. The maximum atomic E-state index is 13.4. The van der Waals surface area contributed by atoms with Crippen LogP contribution >= 0.6 is 0 Å². The first-order valence-electron chi connectivity index (χ1n) is 6.45. The van der Waals surface area contributed by atoms with Crippen LogP contribution in [0.15, 0.2) is 18.2 Å². The molecule has 0 fully saturated rings. The molecule has 1 rings (SSSR count). The van der Waals surface area contributed by atoms with Crippen LogP contribution in [0.25, 0.3) is 0 Å². The Kier molecular flexibility index (Phi) is 7.07. The maximum Gasteiger partial charge on any atom is 0.335 e. The zero-order valence-electron chi connectivity index (χ0n) is 11.1. The molecule has 2 N–H and O–H groups in total. The van der Waals surface area contributed by atoms with Crippen molar-refractivity contribution in [2.24, 2.45) is 0 Å². The van der Waals surface area contributed by atoms with Crippen molar-refractivity contribution in [2.45, 2.75) is 26.3 Å². The van der Waals surface area contributed by atoms with Gasteiger partial charge in [0.25, 0.3) is 0 Å². The monoisotopic (exact) mass is 269 g/mol. The van der Waals surface area contributed by atoms with Gasteiger partial charge in [0.2, 0.25) is 0 Å². The Bertz CT molecular complexity index is 410. The smallest absolute Gasteiger partial charge is 0.335 e. The molecule has 0 saturated heterocycles. The fraction of sp³-hybridized carbons (Fsp3) is 0.500. The van der Waals surface area contributed by atoms with Crippen molar-refractivity contribution in [3.8, 4) is 0 Å². The van der Waals surface area contributed by atoms with Crippen molar-refractivity contribution in [2.75, 3.05) is 19.8 Å². The first-order chi connectivity index (χ1) is 9.15. The summed E-state index contributed by atoms with van der Waals surface area (Å²) in [5.74, 6) is -1.45. The molecule has 4 nitrogen and oxygen atoms in total. The average molecular weight is 269 g/mol. The maximum absolute atomic E-state index is 13.4. The molecular weight excluding hydrogens is 249 g/mol. The van der Waals surface area contributed by atoms with Gasteiger partial charge in [-0.15, -0.1) is 0 Å². The van der Waals surface area contributed by atoms with Gasteiger partial charge in [0, 0.05) is 25.3 Å². The number of carboxylic acids is 1. The molecule has 0 saturated carbocycles. The van der Waals surface area contributed by atoms with Crippen molar-refractivity contribution >= 4 is 5.97 Å². The van der Waals surface area contributed by atoms with E-state index in [0.29, 0.717) is 25.3 Å². The minimum atomic E-state index is -1.05. The molecule has 1 aromatic carbocycles. The Morgan fingerprint density at radius 2 is 2.21 bits per heavy atom. The van der Waals surface area contributed by atoms with Gasteiger partial charge in [-0.3, -0.25) is 0 Å². The zero-order valence-corrected chi connectivity index (χ0v) is 11.1. The number of aromatic carboxylic acids is 1. The van der Waals surface area contributed by atoms with Crippen LogP contribution in [-0.2, 0) is 11.3 Å². The van der Waals surface area contributed by atoms with E-state index in [2.05, 4.69) is 12.2 Å². The summed E-state index contributed by atoms with van der Waals surface area (Å²) in [6, 6.07) is 3.79. The van der Waals surface area contributed by atoms with E-state index in [0.717, 1.165) is 19.4 Å². The molecule has 0 aliphatic heterocycles. The molecule has 0 aliphatic rings. The minimum absolute atomic E-state index is 0.0948. The molecule has 0 amide bonds. The highest BCUT2D eigenvalue weighted by molar-refractivity contribution is 5.87. The van der Waals surface area contributed by atoms with Crippen LogP contribution in [0.4, 0.5) is 4.39 Å². The largest absolute Gasteiger partial charge is 0.478 e.